The van der Waals surface area contributed by atoms with Crippen molar-refractivity contribution in [2.45, 2.75) is 32.6 Å². The van der Waals surface area contributed by atoms with Crippen LogP contribution < -0.4 is 10.0 Å². The smallest absolute Gasteiger partial charge is 0.251 e. The molecule has 1 aliphatic heterocycles. The Hall–Kier alpha value is -1.60. The van der Waals surface area contributed by atoms with E-state index in [1.54, 1.807) is 25.1 Å². The molecule has 1 fully saturated rings. The molecule has 1 amide bonds. The van der Waals surface area contributed by atoms with Crippen LogP contribution in [0.4, 0.5) is 5.69 Å². The van der Waals surface area contributed by atoms with Crippen LogP contribution in [-0.2, 0) is 10.0 Å². The molecule has 0 bridgehead atoms. The zero-order valence-corrected chi connectivity index (χ0v) is 15.3. The second-order valence-electron chi connectivity index (χ2n) is 6.36. The van der Waals surface area contributed by atoms with E-state index in [0.29, 0.717) is 23.4 Å². The number of hydrogen-bond acceptors (Lipinski definition) is 4. The molecule has 0 atom stereocenters. The maximum atomic E-state index is 12.4. The first-order chi connectivity index (χ1) is 11.4. The Balaban J connectivity index is 1.93. The van der Waals surface area contributed by atoms with Gasteiger partial charge in [0.2, 0.25) is 10.0 Å². The van der Waals surface area contributed by atoms with E-state index in [1.165, 1.54) is 25.7 Å². The van der Waals surface area contributed by atoms with Crippen molar-refractivity contribution in [3.8, 4) is 0 Å². The van der Waals surface area contributed by atoms with E-state index in [0.717, 1.165) is 25.9 Å². The molecule has 24 heavy (non-hydrogen) atoms. The van der Waals surface area contributed by atoms with Crippen LogP contribution in [-0.4, -0.2) is 51.7 Å². The highest BCUT2D eigenvalue weighted by Gasteiger charge is 2.14. The molecule has 0 aliphatic carbocycles. The third-order valence-electron chi connectivity index (χ3n) is 4.29. The fraction of sp³-hybridized carbons (Fsp3) is 0.588. The van der Waals surface area contributed by atoms with E-state index in [1.807, 2.05) is 0 Å². The Morgan fingerprint density at radius 2 is 1.83 bits per heavy atom. The molecule has 1 aromatic rings. The lowest BCUT2D eigenvalue weighted by Crippen LogP contribution is -2.35. The standard InChI is InChI=1S/C17H27N3O3S/c1-14-15(8-7-9-16(14)19-24(2,22)23)17(21)18-10-13-20-11-5-3-4-6-12-20/h7-9,19H,3-6,10-13H2,1-2H3,(H,18,21). The number of amides is 1. The summed E-state index contributed by atoms with van der Waals surface area (Å²) in [6, 6.07) is 5.05. The molecule has 7 heteroatoms. The summed E-state index contributed by atoms with van der Waals surface area (Å²) in [7, 11) is -3.37. The number of hydrogen-bond donors (Lipinski definition) is 2. The predicted octanol–water partition coefficient (Wildman–Crippen LogP) is 1.97. The first kappa shape index (κ1) is 18.7. The molecule has 1 aromatic carbocycles. The molecule has 0 spiro atoms. The van der Waals surface area contributed by atoms with Crippen LogP contribution in [0.3, 0.4) is 0 Å². The molecule has 0 radical (unpaired) electrons. The van der Waals surface area contributed by atoms with E-state index in [2.05, 4.69) is 14.9 Å². The summed E-state index contributed by atoms with van der Waals surface area (Å²) in [4.78, 5) is 14.8. The van der Waals surface area contributed by atoms with Gasteiger partial charge in [0, 0.05) is 18.7 Å². The molecule has 2 rings (SSSR count). The van der Waals surface area contributed by atoms with Crippen LogP contribution in [0.25, 0.3) is 0 Å². The van der Waals surface area contributed by atoms with Gasteiger partial charge in [0.15, 0.2) is 0 Å². The molecule has 6 nitrogen and oxygen atoms in total. The maximum absolute atomic E-state index is 12.4. The van der Waals surface area contributed by atoms with Crippen molar-refractivity contribution in [3.63, 3.8) is 0 Å². The normalized spacial score (nSPS) is 16.4. The van der Waals surface area contributed by atoms with Gasteiger partial charge in [0.05, 0.1) is 11.9 Å². The average Bonchev–Trinajstić information content (AvgIpc) is 2.77. The lowest BCUT2D eigenvalue weighted by Gasteiger charge is -2.20. The fourth-order valence-electron chi connectivity index (χ4n) is 2.97. The molecule has 134 valence electrons. The maximum Gasteiger partial charge on any atom is 0.251 e. The average molecular weight is 353 g/mol. The van der Waals surface area contributed by atoms with Gasteiger partial charge in [0.1, 0.15) is 0 Å². The molecule has 1 heterocycles. The quantitative estimate of drug-likeness (QED) is 0.820. The third kappa shape index (κ3) is 5.79. The largest absolute Gasteiger partial charge is 0.351 e. The number of sulfonamides is 1. The van der Waals surface area contributed by atoms with Crippen molar-refractivity contribution in [2.75, 3.05) is 37.2 Å². The topological polar surface area (TPSA) is 78.5 Å². The first-order valence-corrected chi connectivity index (χ1v) is 10.3. The Kier molecular flexibility index (Phi) is 6.62. The summed E-state index contributed by atoms with van der Waals surface area (Å²) in [5.74, 6) is -0.167. The zero-order valence-electron chi connectivity index (χ0n) is 14.5. The highest BCUT2D eigenvalue weighted by Crippen LogP contribution is 2.19. The van der Waals surface area contributed by atoms with Gasteiger partial charge in [-0.1, -0.05) is 18.9 Å². The molecule has 1 aliphatic rings. The van der Waals surface area contributed by atoms with E-state index >= 15 is 0 Å². The third-order valence-corrected chi connectivity index (χ3v) is 4.88. The summed E-state index contributed by atoms with van der Waals surface area (Å²) < 4.78 is 25.2. The number of nitrogens with zero attached hydrogens (tertiary/aromatic N) is 1. The van der Waals surface area contributed by atoms with Crippen LogP contribution in [0.2, 0.25) is 0 Å². The first-order valence-electron chi connectivity index (χ1n) is 8.45. The van der Waals surface area contributed by atoms with Crippen molar-refractivity contribution in [1.82, 2.24) is 10.2 Å². The van der Waals surface area contributed by atoms with Crippen molar-refractivity contribution < 1.29 is 13.2 Å². The number of carbonyl (C=O) groups is 1. The van der Waals surface area contributed by atoms with Crippen molar-refractivity contribution in [2.24, 2.45) is 0 Å². The van der Waals surface area contributed by atoms with Gasteiger partial charge in [-0.15, -0.1) is 0 Å². The van der Waals surface area contributed by atoms with Crippen LogP contribution in [0, 0.1) is 6.92 Å². The Labute approximate surface area is 144 Å². The number of likely N-dealkylation sites (tertiary alicyclic amines) is 1. The van der Waals surface area contributed by atoms with Crippen LogP contribution in [0.1, 0.15) is 41.6 Å². The summed E-state index contributed by atoms with van der Waals surface area (Å²) >= 11 is 0. The van der Waals surface area contributed by atoms with E-state index in [9.17, 15) is 13.2 Å². The minimum atomic E-state index is -3.37. The minimum Gasteiger partial charge on any atom is -0.351 e. The van der Waals surface area contributed by atoms with E-state index in [4.69, 9.17) is 0 Å². The highest BCUT2D eigenvalue weighted by atomic mass is 32.2. The lowest BCUT2D eigenvalue weighted by atomic mass is 10.1. The van der Waals surface area contributed by atoms with Crippen LogP contribution >= 0.6 is 0 Å². The fourth-order valence-corrected chi connectivity index (χ4v) is 3.60. The summed E-state index contributed by atoms with van der Waals surface area (Å²) in [5, 5.41) is 2.94. The van der Waals surface area contributed by atoms with Gasteiger partial charge in [-0.2, -0.15) is 0 Å². The van der Waals surface area contributed by atoms with E-state index < -0.39 is 10.0 Å². The van der Waals surface area contributed by atoms with Crippen molar-refractivity contribution in [3.05, 3.63) is 29.3 Å². The van der Waals surface area contributed by atoms with Gasteiger partial charge >= 0.3 is 0 Å². The van der Waals surface area contributed by atoms with Crippen LogP contribution in [0.5, 0.6) is 0 Å². The summed E-state index contributed by atoms with van der Waals surface area (Å²) in [6.07, 6.45) is 6.14. The number of anilines is 1. The molecular formula is C17H27N3O3S. The lowest BCUT2D eigenvalue weighted by molar-refractivity contribution is 0.0948. The molecule has 0 unspecified atom stereocenters. The SMILES string of the molecule is Cc1c(NS(C)(=O)=O)cccc1C(=O)NCCN1CCCCCC1. The molecule has 2 N–H and O–H groups in total. The number of benzene rings is 1. The highest BCUT2D eigenvalue weighted by molar-refractivity contribution is 7.92. The minimum absolute atomic E-state index is 0.167. The van der Waals surface area contributed by atoms with E-state index in [-0.39, 0.29) is 5.91 Å². The number of carbonyl (C=O) groups excluding carboxylic acids is 1. The monoisotopic (exact) mass is 353 g/mol. The summed E-state index contributed by atoms with van der Waals surface area (Å²) in [6.45, 7) is 5.40. The molecule has 1 saturated heterocycles. The predicted molar refractivity (Wildman–Crippen MR) is 96.9 cm³/mol. The van der Waals surface area contributed by atoms with Gasteiger partial charge in [0.25, 0.3) is 5.91 Å². The van der Waals surface area contributed by atoms with Gasteiger partial charge in [-0.25, -0.2) is 8.42 Å². The second kappa shape index (κ2) is 8.48. The Bertz CT molecular complexity index is 666. The van der Waals surface area contributed by atoms with Gasteiger partial charge in [-0.05, 0) is 50.6 Å². The van der Waals surface area contributed by atoms with Crippen molar-refractivity contribution >= 4 is 21.6 Å². The molecule has 0 saturated carbocycles. The van der Waals surface area contributed by atoms with Gasteiger partial charge < -0.3 is 10.2 Å². The number of rotatable bonds is 6. The van der Waals surface area contributed by atoms with Crippen molar-refractivity contribution in [1.29, 1.82) is 0 Å². The second-order valence-corrected chi connectivity index (χ2v) is 8.11. The number of nitrogens with one attached hydrogen (secondary N) is 2. The van der Waals surface area contributed by atoms with Crippen LogP contribution in [0.15, 0.2) is 18.2 Å². The zero-order chi connectivity index (χ0) is 17.6. The summed E-state index contributed by atoms with van der Waals surface area (Å²) in [5.41, 5.74) is 1.58. The Morgan fingerprint density at radius 3 is 2.46 bits per heavy atom. The Morgan fingerprint density at radius 1 is 1.17 bits per heavy atom. The molecule has 0 aromatic heterocycles. The molecular weight excluding hydrogens is 326 g/mol. The van der Waals surface area contributed by atoms with Gasteiger partial charge in [-0.3, -0.25) is 9.52 Å².